The number of anilines is 2. The van der Waals surface area contributed by atoms with E-state index in [2.05, 4.69) is 57.6 Å². The number of ether oxygens (including phenoxy) is 1. The van der Waals surface area contributed by atoms with Gasteiger partial charge in [0.25, 0.3) is 0 Å². The van der Waals surface area contributed by atoms with E-state index in [0.717, 1.165) is 53.3 Å². The number of thiazole rings is 1. The minimum Gasteiger partial charge on any atom is -0.379 e. The number of rotatable bonds is 3. The van der Waals surface area contributed by atoms with Gasteiger partial charge in [-0.25, -0.2) is 9.97 Å². The predicted molar refractivity (Wildman–Crippen MR) is 121 cm³/mol. The van der Waals surface area contributed by atoms with Crippen molar-refractivity contribution in [3.63, 3.8) is 0 Å². The van der Waals surface area contributed by atoms with Crippen molar-refractivity contribution in [2.24, 2.45) is 0 Å². The fourth-order valence-electron chi connectivity index (χ4n) is 4.47. The molecule has 2 aliphatic heterocycles. The van der Waals surface area contributed by atoms with Crippen molar-refractivity contribution in [1.82, 2.24) is 14.9 Å². The van der Waals surface area contributed by atoms with Crippen LogP contribution in [0.2, 0.25) is 0 Å². The number of pyridine rings is 1. The smallest absolute Gasteiger partial charge is 0.125 e. The lowest BCUT2D eigenvalue weighted by Crippen LogP contribution is -2.43. The van der Waals surface area contributed by atoms with Crippen molar-refractivity contribution in [2.75, 3.05) is 32.1 Å². The number of fused-ring (bicyclic) bond motifs is 2. The highest BCUT2D eigenvalue weighted by atomic mass is 32.1. The van der Waals surface area contributed by atoms with Gasteiger partial charge in [-0.3, -0.25) is 4.90 Å². The van der Waals surface area contributed by atoms with Crippen molar-refractivity contribution in [3.05, 3.63) is 53.0 Å². The zero-order valence-corrected chi connectivity index (χ0v) is 17.6. The molecular weight excluding hydrogens is 400 g/mol. The van der Waals surface area contributed by atoms with E-state index < -0.39 is 0 Å². The summed E-state index contributed by atoms with van der Waals surface area (Å²) in [6, 6.07) is 10.7. The molecule has 1 atom stereocenters. The third-order valence-electron chi connectivity index (χ3n) is 6.11. The van der Waals surface area contributed by atoms with Gasteiger partial charge in [0.15, 0.2) is 0 Å². The number of hydrogen-bond acceptors (Lipinski definition) is 7. The van der Waals surface area contributed by atoms with Gasteiger partial charge in [0, 0.05) is 35.3 Å². The van der Waals surface area contributed by atoms with Crippen LogP contribution in [0.25, 0.3) is 26.0 Å². The molecule has 1 aromatic carbocycles. The Balaban J connectivity index is 1.39. The van der Waals surface area contributed by atoms with E-state index in [4.69, 9.17) is 4.74 Å². The molecule has 6 rings (SSSR count). The van der Waals surface area contributed by atoms with Crippen LogP contribution in [-0.2, 0) is 4.74 Å². The van der Waals surface area contributed by atoms with Gasteiger partial charge in [-0.15, -0.1) is 22.7 Å². The minimum atomic E-state index is 0.0180. The largest absolute Gasteiger partial charge is 0.379 e. The highest BCUT2D eigenvalue weighted by molar-refractivity contribution is 7.19. The van der Waals surface area contributed by atoms with E-state index in [0.29, 0.717) is 0 Å². The maximum atomic E-state index is 5.80. The fraction of sp³-hybridized carbons (Fsp3) is 0.273. The van der Waals surface area contributed by atoms with Crippen molar-refractivity contribution in [2.45, 2.75) is 12.0 Å². The van der Waals surface area contributed by atoms with E-state index in [1.807, 2.05) is 17.8 Å². The number of hydrogen-bond donors (Lipinski definition) is 1. The molecular formula is C22H20N4OS2. The molecule has 5 nitrogen and oxygen atoms in total. The normalized spacial score (nSPS) is 22.2. The number of nitrogens with one attached hydrogen (secondary N) is 1. The summed E-state index contributed by atoms with van der Waals surface area (Å²) in [4.78, 5) is 13.9. The maximum Gasteiger partial charge on any atom is 0.125 e. The van der Waals surface area contributed by atoms with Crippen LogP contribution in [-0.4, -0.2) is 47.2 Å². The maximum absolute atomic E-state index is 5.80. The second kappa shape index (κ2) is 6.60. The molecule has 4 aromatic rings. The first-order valence-electron chi connectivity index (χ1n) is 9.72. The van der Waals surface area contributed by atoms with Crippen LogP contribution in [0.3, 0.4) is 0 Å². The van der Waals surface area contributed by atoms with Crippen LogP contribution < -0.4 is 5.32 Å². The fourth-order valence-corrected chi connectivity index (χ4v) is 6.29. The molecule has 7 heteroatoms. The number of aromatic nitrogens is 2. The summed E-state index contributed by atoms with van der Waals surface area (Å²) in [5, 5.41) is 4.74. The van der Waals surface area contributed by atoms with Crippen molar-refractivity contribution in [1.29, 1.82) is 0 Å². The molecule has 0 aliphatic carbocycles. The molecule has 0 unspecified atom stereocenters. The minimum absolute atomic E-state index is 0.0180. The van der Waals surface area contributed by atoms with Gasteiger partial charge in [-0.1, -0.05) is 6.08 Å². The Morgan fingerprint density at radius 2 is 2.17 bits per heavy atom. The zero-order chi connectivity index (χ0) is 19.4. The molecule has 3 aromatic heterocycles. The predicted octanol–water partition coefficient (Wildman–Crippen LogP) is 5.14. The van der Waals surface area contributed by atoms with Crippen LogP contribution >= 0.6 is 22.7 Å². The number of likely N-dealkylation sites (N-methyl/N-ethyl adjacent to an activating group) is 1. The zero-order valence-electron chi connectivity index (χ0n) is 16.0. The second-order valence-electron chi connectivity index (χ2n) is 7.68. The Morgan fingerprint density at radius 1 is 1.21 bits per heavy atom. The third kappa shape index (κ3) is 2.73. The van der Waals surface area contributed by atoms with Gasteiger partial charge in [0.2, 0.25) is 0 Å². The molecule has 1 fully saturated rings. The summed E-state index contributed by atoms with van der Waals surface area (Å²) < 4.78 is 7.00. The topological polar surface area (TPSA) is 50.3 Å². The lowest BCUT2D eigenvalue weighted by atomic mass is 9.89. The first-order valence-corrected chi connectivity index (χ1v) is 11.4. The average Bonchev–Trinajstić information content (AvgIpc) is 3.50. The number of thiophene rings is 1. The van der Waals surface area contributed by atoms with Gasteiger partial charge in [0.1, 0.15) is 4.83 Å². The van der Waals surface area contributed by atoms with Gasteiger partial charge in [-0.2, -0.15) is 0 Å². The van der Waals surface area contributed by atoms with Crippen LogP contribution in [0, 0.1) is 0 Å². The quantitative estimate of drug-likeness (QED) is 0.497. The number of nitrogens with zero attached hydrogens (tertiary/aromatic N) is 3. The molecule has 0 radical (unpaired) electrons. The van der Waals surface area contributed by atoms with Gasteiger partial charge in [0.05, 0.1) is 33.6 Å². The summed E-state index contributed by atoms with van der Waals surface area (Å²) in [6.07, 6.45) is 5.30. The monoisotopic (exact) mass is 420 g/mol. The highest BCUT2D eigenvalue weighted by Gasteiger charge is 2.45. The van der Waals surface area contributed by atoms with Crippen LogP contribution in [0.1, 0.15) is 11.3 Å². The Bertz CT molecular complexity index is 1250. The van der Waals surface area contributed by atoms with Gasteiger partial charge >= 0.3 is 0 Å². The second-order valence-corrected chi connectivity index (χ2v) is 9.60. The first kappa shape index (κ1) is 17.5. The highest BCUT2D eigenvalue weighted by Crippen LogP contribution is 2.46. The summed E-state index contributed by atoms with van der Waals surface area (Å²) >= 11 is 3.44. The summed E-state index contributed by atoms with van der Waals surface area (Å²) in [6.45, 7) is 2.58. The Morgan fingerprint density at radius 3 is 3.07 bits per heavy atom. The summed E-state index contributed by atoms with van der Waals surface area (Å²) in [7, 11) is 2.20. The SMILES string of the molecule is CN1CC=C(c2cc3c(Nc4ccc5scnc5c4)ccnc3s2)[C@@]12CCOC2. The van der Waals surface area contributed by atoms with E-state index in [1.54, 1.807) is 22.7 Å². The Kier molecular flexibility index (Phi) is 3.99. The Hall–Kier alpha value is -2.32. The van der Waals surface area contributed by atoms with Crippen molar-refractivity contribution >= 4 is 60.1 Å². The molecule has 1 N–H and O–H groups in total. The molecule has 29 heavy (non-hydrogen) atoms. The molecule has 0 bridgehead atoms. The van der Waals surface area contributed by atoms with E-state index >= 15 is 0 Å². The van der Waals surface area contributed by atoms with E-state index in [1.165, 1.54) is 15.2 Å². The van der Waals surface area contributed by atoms with Crippen LogP contribution in [0.15, 0.2) is 48.1 Å². The van der Waals surface area contributed by atoms with Crippen molar-refractivity contribution in [3.8, 4) is 0 Å². The molecule has 2 aliphatic rings. The summed E-state index contributed by atoms with van der Waals surface area (Å²) in [5.74, 6) is 0. The van der Waals surface area contributed by atoms with Gasteiger partial charge in [-0.05, 0) is 49.4 Å². The molecule has 0 amide bonds. The lowest BCUT2D eigenvalue weighted by Gasteiger charge is -2.33. The molecule has 1 spiro atoms. The van der Waals surface area contributed by atoms with Gasteiger partial charge < -0.3 is 10.1 Å². The first-order chi connectivity index (χ1) is 14.2. The molecule has 0 saturated carbocycles. The number of benzene rings is 1. The van der Waals surface area contributed by atoms with E-state index in [9.17, 15) is 0 Å². The van der Waals surface area contributed by atoms with Crippen LogP contribution in [0.5, 0.6) is 0 Å². The molecule has 146 valence electrons. The van der Waals surface area contributed by atoms with Crippen LogP contribution in [0.4, 0.5) is 11.4 Å². The molecule has 5 heterocycles. The average molecular weight is 421 g/mol. The Labute approximate surface area is 176 Å². The summed E-state index contributed by atoms with van der Waals surface area (Å²) in [5.41, 5.74) is 6.46. The van der Waals surface area contributed by atoms with E-state index in [-0.39, 0.29) is 5.54 Å². The van der Waals surface area contributed by atoms with Crippen molar-refractivity contribution < 1.29 is 4.74 Å². The third-order valence-corrected chi connectivity index (χ3v) is 8.00. The standard InChI is InChI=1S/C22H20N4OS2/c1-26-8-5-16(22(26)6-9-27-12-22)20-11-15-17(4-7-23-21(15)29-20)25-14-2-3-19-18(10-14)24-13-28-19/h2-5,7,10-11,13H,6,8-9,12H2,1H3,(H,23,25)/t22-/m0/s1. The lowest BCUT2D eigenvalue weighted by molar-refractivity contribution is 0.142. The molecule has 1 saturated heterocycles.